The maximum absolute atomic E-state index is 12.8. The highest BCUT2D eigenvalue weighted by atomic mass is 35.5. The van der Waals surface area contributed by atoms with Crippen molar-refractivity contribution >= 4 is 44.9 Å². The number of rotatable bonds is 6. The molecule has 0 bridgehead atoms. The maximum Gasteiger partial charge on any atom is 0.312 e. The molecule has 0 unspecified atom stereocenters. The van der Waals surface area contributed by atoms with Crippen molar-refractivity contribution in [3.05, 3.63) is 52.4 Å². The topological polar surface area (TPSA) is 113 Å². The summed E-state index contributed by atoms with van der Waals surface area (Å²) in [5.74, 6) is -0.211. The van der Waals surface area contributed by atoms with E-state index in [9.17, 15) is 18.0 Å². The minimum Gasteiger partial charge on any atom is -0.352 e. The second-order valence-electron chi connectivity index (χ2n) is 6.50. The van der Waals surface area contributed by atoms with Crippen molar-refractivity contribution in [2.75, 3.05) is 26.2 Å². The van der Waals surface area contributed by atoms with Crippen molar-refractivity contribution in [3.8, 4) is 0 Å². The van der Waals surface area contributed by atoms with E-state index < -0.39 is 22.1 Å². The molecule has 2 aromatic rings. The largest absolute Gasteiger partial charge is 0.352 e. The van der Waals surface area contributed by atoms with Crippen LogP contribution in [0.15, 0.2) is 46.0 Å². The van der Waals surface area contributed by atoms with E-state index in [4.69, 9.17) is 17.3 Å². The lowest BCUT2D eigenvalue weighted by Gasteiger charge is -2.34. The molecular weight excluding hydrogens is 436 g/mol. The van der Waals surface area contributed by atoms with E-state index in [-0.39, 0.29) is 38.5 Å². The Balaban J connectivity index is 1.65. The molecule has 0 saturated carbocycles. The number of carbonyl (C=O) groups excluding carboxylic acids is 2. The third-order valence-corrected chi connectivity index (χ3v) is 8.27. The average molecular weight is 457 g/mol. The summed E-state index contributed by atoms with van der Waals surface area (Å²) in [4.78, 5) is 25.8. The molecule has 156 valence electrons. The Bertz CT molecular complexity index is 974. The molecule has 2 heterocycles. The van der Waals surface area contributed by atoms with E-state index in [0.717, 1.165) is 0 Å². The van der Waals surface area contributed by atoms with Gasteiger partial charge in [-0.1, -0.05) is 35.9 Å². The van der Waals surface area contributed by atoms with E-state index in [0.29, 0.717) is 14.8 Å². The fraction of sp³-hybridized carbons (Fsp3) is 0.333. The summed E-state index contributed by atoms with van der Waals surface area (Å²) in [7, 11) is -3.53. The zero-order valence-electron chi connectivity index (χ0n) is 15.5. The summed E-state index contributed by atoms with van der Waals surface area (Å²) in [6, 6.07) is 8.75. The van der Waals surface area contributed by atoms with Crippen molar-refractivity contribution in [2.45, 2.75) is 16.7 Å². The van der Waals surface area contributed by atoms with Crippen molar-refractivity contribution in [2.24, 2.45) is 5.73 Å². The van der Waals surface area contributed by atoms with E-state index in [1.165, 1.54) is 15.6 Å². The first-order valence-electron chi connectivity index (χ1n) is 8.91. The monoisotopic (exact) mass is 456 g/mol. The quantitative estimate of drug-likeness (QED) is 0.692. The van der Waals surface area contributed by atoms with Gasteiger partial charge < -0.3 is 16.0 Å². The van der Waals surface area contributed by atoms with Crippen LogP contribution in [0.4, 0.5) is 4.79 Å². The van der Waals surface area contributed by atoms with Crippen molar-refractivity contribution in [3.63, 3.8) is 0 Å². The third kappa shape index (κ3) is 5.08. The number of hydrogen-bond acceptors (Lipinski definition) is 5. The second kappa shape index (κ2) is 9.12. The van der Waals surface area contributed by atoms with Crippen molar-refractivity contribution in [1.82, 2.24) is 14.5 Å². The van der Waals surface area contributed by atoms with Crippen molar-refractivity contribution in [1.29, 1.82) is 0 Å². The van der Waals surface area contributed by atoms with Gasteiger partial charge in [-0.3, -0.25) is 4.79 Å². The summed E-state index contributed by atoms with van der Waals surface area (Å²) in [5, 5.41) is 4.70. The Kier molecular flexibility index (Phi) is 6.78. The number of thiophene rings is 1. The maximum atomic E-state index is 12.8. The summed E-state index contributed by atoms with van der Waals surface area (Å²) < 4.78 is 26.9. The van der Waals surface area contributed by atoms with Gasteiger partial charge in [0, 0.05) is 31.2 Å². The van der Waals surface area contributed by atoms with Crippen LogP contribution in [0.25, 0.3) is 0 Å². The number of nitrogens with zero attached hydrogens (tertiary/aromatic N) is 2. The molecule has 1 aromatic heterocycles. The molecule has 1 aliphatic rings. The number of piperazine rings is 1. The van der Waals surface area contributed by atoms with Gasteiger partial charge in [-0.25, -0.2) is 13.2 Å². The van der Waals surface area contributed by atoms with Gasteiger partial charge in [0.1, 0.15) is 4.21 Å². The first-order valence-corrected chi connectivity index (χ1v) is 11.6. The molecule has 0 spiro atoms. The lowest BCUT2D eigenvalue weighted by atomic mass is 10.0. The van der Waals surface area contributed by atoms with Crippen LogP contribution in [0.3, 0.4) is 0 Å². The van der Waals surface area contributed by atoms with Gasteiger partial charge >= 0.3 is 6.03 Å². The highest BCUT2D eigenvalue weighted by Gasteiger charge is 2.31. The fourth-order valence-electron chi connectivity index (χ4n) is 3.19. The van der Waals surface area contributed by atoms with Crippen LogP contribution in [0.2, 0.25) is 5.02 Å². The predicted molar refractivity (Wildman–Crippen MR) is 111 cm³/mol. The number of hydrogen-bond donors (Lipinski definition) is 2. The van der Waals surface area contributed by atoms with Crippen LogP contribution in [-0.2, 0) is 14.8 Å². The number of carbonyl (C=O) groups is 2. The first kappa shape index (κ1) is 21.6. The smallest absolute Gasteiger partial charge is 0.312 e. The number of sulfonamides is 1. The van der Waals surface area contributed by atoms with Gasteiger partial charge in [-0.2, -0.15) is 4.31 Å². The van der Waals surface area contributed by atoms with Gasteiger partial charge in [0.25, 0.3) is 10.0 Å². The molecular formula is C18H21ClN4O4S2. The SMILES string of the molecule is NC(=O)N[C@H](CC(=O)N1CCN(S(=O)(=O)c2cccs2)CC1)c1ccccc1Cl. The highest BCUT2D eigenvalue weighted by molar-refractivity contribution is 7.91. The van der Waals surface area contributed by atoms with Crippen LogP contribution in [0.5, 0.6) is 0 Å². The average Bonchev–Trinajstić information content (AvgIpc) is 3.23. The molecule has 29 heavy (non-hydrogen) atoms. The Morgan fingerprint density at radius 1 is 1.14 bits per heavy atom. The Morgan fingerprint density at radius 3 is 2.41 bits per heavy atom. The van der Waals surface area contributed by atoms with Gasteiger partial charge in [0.05, 0.1) is 12.5 Å². The number of halogens is 1. The van der Waals surface area contributed by atoms with Gasteiger partial charge in [0.15, 0.2) is 0 Å². The Hall–Kier alpha value is -2.14. The van der Waals surface area contributed by atoms with E-state index in [2.05, 4.69) is 5.32 Å². The Morgan fingerprint density at radius 2 is 1.83 bits per heavy atom. The molecule has 0 radical (unpaired) electrons. The third-order valence-electron chi connectivity index (χ3n) is 4.66. The number of primary amides is 1. The normalized spacial score (nSPS) is 16.4. The minimum absolute atomic E-state index is 0.0235. The number of urea groups is 1. The van der Waals surface area contributed by atoms with Crippen LogP contribution < -0.4 is 11.1 Å². The van der Waals surface area contributed by atoms with Gasteiger partial charge in [-0.15, -0.1) is 11.3 Å². The second-order valence-corrected chi connectivity index (χ2v) is 10.0. The highest BCUT2D eigenvalue weighted by Crippen LogP contribution is 2.26. The zero-order chi connectivity index (χ0) is 21.0. The van der Waals surface area contributed by atoms with Crippen LogP contribution in [0, 0.1) is 0 Å². The molecule has 3 amide bonds. The lowest BCUT2D eigenvalue weighted by molar-refractivity contribution is -0.132. The summed E-state index contributed by atoms with van der Waals surface area (Å²) >= 11 is 7.37. The van der Waals surface area contributed by atoms with Crippen molar-refractivity contribution < 1.29 is 18.0 Å². The summed E-state index contributed by atoms with van der Waals surface area (Å²) in [6.07, 6.45) is -0.0235. The molecule has 3 N–H and O–H groups in total. The van der Waals surface area contributed by atoms with E-state index >= 15 is 0 Å². The van der Waals surface area contributed by atoms with E-state index in [1.807, 2.05) is 0 Å². The van der Waals surface area contributed by atoms with Crippen LogP contribution in [-0.4, -0.2) is 55.7 Å². The van der Waals surface area contributed by atoms with Crippen LogP contribution >= 0.6 is 22.9 Å². The fourth-order valence-corrected chi connectivity index (χ4v) is 6.02. The molecule has 1 aliphatic heterocycles. The molecule has 8 nitrogen and oxygen atoms in total. The minimum atomic E-state index is -3.53. The zero-order valence-corrected chi connectivity index (χ0v) is 17.8. The number of benzene rings is 1. The number of amides is 3. The predicted octanol–water partition coefficient (Wildman–Crippen LogP) is 2.03. The first-order chi connectivity index (χ1) is 13.8. The number of nitrogens with two attached hydrogens (primary N) is 1. The molecule has 1 fully saturated rings. The lowest BCUT2D eigenvalue weighted by Crippen LogP contribution is -2.51. The Labute approximate surface area is 178 Å². The molecule has 1 atom stereocenters. The molecule has 3 rings (SSSR count). The van der Waals surface area contributed by atoms with Crippen LogP contribution in [0.1, 0.15) is 18.0 Å². The van der Waals surface area contributed by atoms with Gasteiger partial charge in [-0.05, 0) is 23.1 Å². The van der Waals surface area contributed by atoms with E-state index in [1.54, 1.807) is 46.7 Å². The van der Waals surface area contributed by atoms with Gasteiger partial charge in [0.2, 0.25) is 5.91 Å². The molecule has 0 aliphatic carbocycles. The molecule has 1 aromatic carbocycles. The summed E-state index contributed by atoms with van der Waals surface area (Å²) in [5.41, 5.74) is 5.85. The summed E-state index contributed by atoms with van der Waals surface area (Å²) in [6.45, 7) is 0.975. The number of nitrogens with one attached hydrogen (secondary N) is 1. The molecule has 11 heteroatoms. The molecule has 1 saturated heterocycles. The standard InChI is InChI=1S/C18H21ClN4O4S2/c19-14-5-2-1-4-13(14)15(21-18(20)25)12-16(24)22-7-9-23(10-8-22)29(26,27)17-6-3-11-28-17/h1-6,11,15H,7-10,12H2,(H3,20,21,25)/t15-/m1/s1.